The van der Waals surface area contributed by atoms with Crippen LogP contribution in [-0.2, 0) is 0 Å². The van der Waals surface area contributed by atoms with Gasteiger partial charge in [-0.05, 0) is 41.2 Å². The van der Waals surface area contributed by atoms with Crippen LogP contribution in [0.15, 0.2) is 11.1 Å². The van der Waals surface area contributed by atoms with Gasteiger partial charge in [0.2, 0.25) is 0 Å². The van der Waals surface area contributed by atoms with E-state index in [1.165, 1.54) is 31.3 Å². The summed E-state index contributed by atoms with van der Waals surface area (Å²) < 4.78 is 0.640. The van der Waals surface area contributed by atoms with Crippen LogP contribution in [0.5, 0.6) is 0 Å². The molecule has 6 heteroatoms. The molecule has 2 N–H and O–H groups in total. The van der Waals surface area contributed by atoms with E-state index >= 15 is 0 Å². The summed E-state index contributed by atoms with van der Waals surface area (Å²) in [7, 11) is 0. The third kappa shape index (κ3) is 3.13. The molecular formula is C10H14IN3OS. The van der Waals surface area contributed by atoms with E-state index < -0.39 is 0 Å². The first-order valence-electron chi connectivity index (χ1n) is 5.36. The van der Waals surface area contributed by atoms with Crippen LogP contribution in [0.25, 0.3) is 0 Å². The van der Waals surface area contributed by atoms with Gasteiger partial charge in [0.05, 0.1) is 6.33 Å². The average molecular weight is 351 g/mol. The van der Waals surface area contributed by atoms with Crippen molar-refractivity contribution in [2.24, 2.45) is 0 Å². The van der Waals surface area contributed by atoms with E-state index in [-0.39, 0.29) is 5.56 Å². The SMILES string of the molecule is O=c1[nH]cnc(NCC2CCCCS2)c1I. The van der Waals surface area contributed by atoms with Gasteiger partial charge in [-0.1, -0.05) is 6.42 Å². The van der Waals surface area contributed by atoms with E-state index in [0.29, 0.717) is 14.6 Å². The molecule has 2 heterocycles. The van der Waals surface area contributed by atoms with E-state index in [4.69, 9.17) is 0 Å². The zero-order chi connectivity index (χ0) is 11.4. The van der Waals surface area contributed by atoms with Crippen molar-refractivity contribution in [1.29, 1.82) is 0 Å². The minimum Gasteiger partial charge on any atom is -0.368 e. The van der Waals surface area contributed by atoms with Gasteiger partial charge in [0, 0.05) is 11.8 Å². The molecule has 0 saturated carbocycles. The van der Waals surface area contributed by atoms with Crippen LogP contribution in [0.1, 0.15) is 19.3 Å². The van der Waals surface area contributed by atoms with Crippen molar-refractivity contribution in [2.45, 2.75) is 24.5 Å². The Balaban J connectivity index is 1.93. The van der Waals surface area contributed by atoms with Crippen LogP contribution in [0, 0.1) is 3.57 Å². The predicted molar refractivity (Wildman–Crippen MR) is 76.2 cm³/mol. The van der Waals surface area contributed by atoms with E-state index in [1.54, 1.807) is 0 Å². The maximum absolute atomic E-state index is 11.3. The quantitative estimate of drug-likeness (QED) is 0.819. The Kier molecular flexibility index (Phi) is 4.51. The van der Waals surface area contributed by atoms with Crippen molar-refractivity contribution < 1.29 is 0 Å². The van der Waals surface area contributed by atoms with Gasteiger partial charge < -0.3 is 10.3 Å². The highest BCUT2D eigenvalue weighted by molar-refractivity contribution is 14.1. The molecule has 0 aliphatic carbocycles. The largest absolute Gasteiger partial charge is 0.368 e. The molecule has 0 aromatic carbocycles. The van der Waals surface area contributed by atoms with Crippen LogP contribution in [0.2, 0.25) is 0 Å². The van der Waals surface area contributed by atoms with Gasteiger partial charge in [0.25, 0.3) is 5.56 Å². The number of aromatic amines is 1. The van der Waals surface area contributed by atoms with Gasteiger partial charge >= 0.3 is 0 Å². The van der Waals surface area contributed by atoms with E-state index in [9.17, 15) is 4.79 Å². The van der Waals surface area contributed by atoms with Crippen LogP contribution in [-0.4, -0.2) is 27.5 Å². The van der Waals surface area contributed by atoms with Gasteiger partial charge in [-0.3, -0.25) is 4.79 Å². The fraction of sp³-hybridized carbons (Fsp3) is 0.600. The Morgan fingerprint density at radius 2 is 2.50 bits per heavy atom. The summed E-state index contributed by atoms with van der Waals surface area (Å²) in [5, 5.41) is 3.92. The minimum atomic E-state index is -0.0746. The number of anilines is 1. The molecule has 1 saturated heterocycles. The second-order valence-corrected chi connectivity index (χ2v) is 6.25. The molecule has 0 radical (unpaired) electrons. The van der Waals surface area contributed by atoms with E-state index in [0.717, 1.165) is 6.54 Å². The van der Waals surface area contributed by atoms with Gasteiger partial charge in [-0.15, -0.1) is 0 Å². The Labute approximate surface area is 112 Å². The second kappa shape index (κ2) is 5.90. The number of nitrogens with zero attached hydrogens (tertiary/aromatic N) is 1. The predicted octanol–water partition coefficient (Wildman–Crippen LogP) is 2.07. The lowest BCUT2D eigenvalue weighted by molar-refractivity contribution is 0.676. The molecule has 0 bridgehead atoms. The first kappa shape index (κ1) is 12.2. The molecule has 1 aromatic rings. The Hall–Kier alpha value is -0.240. The smallest absolute Gasteiger partial charge is 0.266 e. The molecule has 0 spiro atoms. The standard InChI is InChI=1S/C10H14IN3OS/c11-8-9(13-6-14-10(8)15)12-5-7-3-1-2-4-16-7/h6-7H,1-5H2,(H2,12,13,14,15). The lowest BCUT2D eigenvalue weighted by Crippen LogP contribution is -2.22. The third-order valence-electron chi connectivity index (χ3n) is 2.57. The highest BCUT2D eigenvalue weighted by Gasteiger charge is 2.14. The number of aromatic nitrogens is 2. The summed E-state index contributed by atoms with van der Waals surface area (Å²) >= 11 is 4.04. The molecule has 1 aromatic heterocycles. The average Bonchev–Trinajstić information content (AvgIpc) is 2.32. The van der Waals surface area contributed by atoms with Crippen LogP contribution < -0.4 is 10.9 Å². The van der Waals surface area contributed by atoms with Crippen molar-refractivity contribution >= 4 is 40.2 Å². The maximum Gasteiger partial charge on any atom is 0.266 e. The van der Waals surface area contributed by atoms with Gasteiger partial charge in [0.1, 0.15) is 9.39 Å². The molecular weight excluding hydrogens is 337 g/mol. The van der Waals surface area contributed by atoms with E-state index in [1.807, 2.05) is 34.4 Å². The number of hydrogen-bond acceptors (Lipinski definition) is 4. The normalized spacial score (nSPS) is 20.7. The molecule has 4 nitrogen and oxygen atoms in total. The lowest BCUT2D eigenvalue weighted by Gasteiger charge is -2.21. The van der Waals surface area contributed by atoms with Crippen LogP contribution >= 0.6 is 34.4 Å². The van der Waals surface area contributed by atoms with Gasteiger partial charge in [0.15, 0.2) is 0 Å². The topological polar surface area (TPSA) is 57.8 Å². The number of H-pyrrole nitrogens is 1. The number of nitrogens with one attached hydrogen (secondary N) is 2. The van der Waals surface area contributed by atoms with Crippen molar-refractivity contribution in [2.75, 3.05) is 17.6 Å². The fourth-order valence-electron chi connectivity index (χ4n) is 1.69. The Morgan fingerprint density at radius 1 is 1.62 bits per heavy atom. The first-order chi connectivity index (χ1) is 7.77. The molecule has 0 amide bonds. The summed E-state index contributed by atoms with van der Waals surface area (Å²) in [6, 6.07) is 0. The van der Waals surface area contributed by atoms with Crippen molar-refractivity contribution in [1.82, 2.24) is 9.97 Å². The van der Waals surface area contributed by atoms with Gasteiger partial charge in [-0.2, -0.15) is 11.8 Å². The highest BCUT2D eigenvalue weighted by atomic mass is 127. The molecule has 2 rings (SSSR count). The van der Waals surface area contributed by atoms with E-state index in [2.05, 4.69) is 15.3 Å². The number of thioether (sulfide) groups is 1. The summed E-state index contributed by atoms with van der Waals surface area (Å²) in [4.78, 5) is 18.0. The summed E-state index contributed by atoms with van der Waals surface area (Å²) in [5.74, 6) is 1.96. The van der Waals surface area contributed by atoms with Crippen molar-refractivity contribution in [3.63, 3.8) is 0 Å². The molecule has 1 aliphatic rings. The number of hydrogen-bond donors (Lipinski definition) is 2. The van der Waals surface area contributed by atoms with Crippen molar-refractivity contribution in [3.8, 4) is 0 Å². The molecule has 16 heavy (non-hydrogen) atoms. The van der Waals surface area contributed by atoms with Crippen LogP contribution in [0.4, 0.5) is 5.82 Å². The zero-order valence-electron chi connectivity index (χ0n) is 8.83. The number of rotatable bonds is 3. The highest BCUT2D eigenvalue weighted by Crippen LogP contribution is 2.25. The summed E-state index contributed by atoms with van der Waals surface area (Å²) in [6.07, 6.45) is 5.36. The number of halogens is 1. The molecule has 88 valence electrons. The van der Waals surface area contributed by atoms with Crippen LogP contribution in [0.3, 0.4) is 0 Å². The first-order valence-corrected chi connectivity index (χ1v) is 7.49. The third-order valence-corrected chi connectivity index (χ3v) is 4.97. The zero-order valence-corrected chi connectivity index (χ0v) is 11.8. The lowest BCUT2D eigenvalue weighted by atomic mass is 10.2. The minimum absolute atomic E-state index is 0.0746. The monoisotopic (exact) mass is 351 g/mol. The molecule has 1 unspecified atom stereocenters. The summed E-state index contributed by atoms with van der Waals surface area (Å²) in [5.41, 5.74) is -0.0746. The van der Waals surface area contributed by atoms with Gasteiger partial charge in [-0.25, -0.2) is 4.98 Å². The Morgan fingerprint density at radius 3 is 3.25 bits per heavy atom. The second-order valence-electron chi connectivity index (χ2n) is 3.76. The molecule has 1 aliphatic heterocycles. The Bertz CT molecular complexity index is 403. The maximum atomic E-state index is 11.3. The molecule has 1 atom stereocenters. The van der Waals surface area contributed by atoms with Crippen molar-refractivity contribution in [3.05, 3.63) is 20.3 Å². The fourth-order valence-corrected chi connectivity index (χ4v) is 3.41. The summed E-state index contributed by atoms with van der Waals surface area (Å²) in [6.45, 7) is 0.900. The molecule has 1 fully saturated rings.